The largest absolute Gasteiger partial charge is 0.368 e. The maximum Gasteiger partial charge on any atom is 0.225 e. The molecule has 3 N–H and O–H groups in total. The van der Waals surface area contributed by atoms with Crippen LogP contribution in [0.25, 0.3) is 0 Å². The van der Waals surface area contributed by atoms with Crippen molar-refractivity contribution in [2.24, 2.45) is 4.99 Å². The zero-order valence-corrected chi connectivity index (χ0v) is 21.8. The summed E-state index contributed by atoms with van der Waals surface area (Å²) in [6, 6.07) is 18.2. The Morgan fingerprint density at radius 1 is 1.03 bits per heavy atom. The number of hydrogen-bond acceptors (Lipinski definition) is 4. The van der Waals surface area contributed by atoms with Gasteiger partial charge in [0.15, 0.2) is 5.96 Å². The molecule has 9 heteroatoms. The van der Waals surface area contributed by atoms with Crippen molar-refractivity contribution in [1.82, 2.24) is 15.5 Å². The molecule has 2 amide bonds. The molecule has 182 valence electrons. The van der Waals surface area contributed by atoms with Crippen LogP contribution < -0.4 is 20.9 Å². The summed E-state index contributed by atoms with van der Waals surface area (Å²) in [5.74, 6) is 0.904. The van der Waals surface area contributed by atoms with Gasteiger partial charge in [-0.25, -0.2) is 0 Å². The monoisotopic (exact) mass is 576 g/mol. The van der Waals surface area contributed by atoms with E-state index in [0.29, 0.717) is 31.9 Å². The number of halogens is 1. The molecule has 1 unspecified atom stereocenters. The van der Waals surface area contributed by atoms with Crippen molar-refractivity contribution in [3.63, 3.8) is 0 Å². The number of benzene rings is 2. The SMILES string of the molecule is CN=C(NCCC(=O)N1CCN(c2ccccc2)CC1)NCC1CC(=O)Nc2ccccc21.I. The van der Waals surface area contributed by atoms with Gasteiger partial charge in [0.25, 0.3) is 0 Å². The minimum Gasteiger partial charge on any atom is -0.368 e. The van der Waals surface area contributed by atoms with E-state index in [1.807, 2.05) is 47.4 Å². The van der Waals surface area contributed by atoms with Gasteiger partial charge in [-0.15, -0.1) is 24.0 Å². The Morgan fingerprint density at radius 3 is 2.47 bits per heavy atom. The fourth-order valence-electron chi connectivity index (χ4n) is 4.42. The Labute approximate surface area is 218 Å². The molecule has 2 aromatic rings. The van der Waals surface area contributed by atoms with E-state index in [1.54, 1.807) is 7.05 Å². The highest BCUT2D eigenvalue weighted by Gasteiger charge is 2.25. The van der Waals surface area contributed by atoms with Gasteiger partial charge in [0.05, 0.1) is 0 Å². The molecule has 0 bridgehead atoms. The molecule has 0 aliphatic carbocycles. The highest BCUT2D eigenvalue weighted by Crippen LogP contribution is 2.31. The molecular weight excluding hydrogens is 543 g/mol. The minimum atomic E-state index is 0. The van der Waals surface area contributed by atoms with Crippen molar-refractivity contribution >= 4 is 53.1 Å². The number of hydrogen-bond donors (Lipinski definition) is 3. The van der Waals surface area contributed by atoms with Crippen LogP contribution in [0, 0.1) is 0 Å². The van der Waals surface area contributed by atoms with Gasteiger partial charge >= 0.3 is 0 Å². The molecule has 34 heavy (non-hydrogen) atoms. The first-order valence-electron chi connectivity index (χ1n) is 11.5. The third-order valence-electron chi connectivity index (χ3n) is 6.23. The first-order valence-corrected chi connectivity index (χ1v) is 11.5. The third-order valence-corrected chi connectivity index (χ3v) is 6.23. The van der Waals surface area contributed by atoms with Crippen LogP contribution in [-0.2, 0) is 9.59 Å². The second-order valence-corrected chi connectivity index (χ2v) is 8.37. The second-order valence-electron chi connectivity index (χ2n) is 8.37. The van der Waals surface area contributed by atoms with Gasteiger partial charge in [-0.2, -0.15) is 0 Å². The topological polar surface area (TPSA) is 89.1 Å². The highest BCUT2D eigenvalue weighted by molar-refractivity contribution is 14.0. The van der Waals surface area contributed by atoms with Crippen LogP contribution in [0.1, 0.15) is 24.3 Å². The van der Waals surface area contributed by atoms with Crippen LogP contribution in [0.4, 0.5) is 11.4 Å². The van der Waals surface area contributed by atoms with Crippen molar-refractivity contribution < 1.29 is 9.59 Å². The zero-order chi connectivity index (χ0) is 23.0. The molecule has 4 rings (SSSR count). The first-order chi connectivity index (χ1) is 16.1. The number of nitrogens with one attached hydrogen (secondary N) is 3. The lowest BCUT2D eigenvalue weighted by Crippen LogP contribution is -2.49. The van der Waals surface area contributed by atoms with Crippen molar-refractivity contribution in [1.29, 1.82) is 0 Å². The quantitative estimate of drug-likeness (QED) is 0.280. The van der Waals surface area contributed by atoms with Gasteiger partial charge < -0.3 is 25.8 Å². The van der Waals surface area contributed by atoms with Gasteiger partial charge in [-0.1, -0.05) is 36.4 Å². The Bertz CT molecular complexity index is 992. The number of piperazine rings is 1. The van der Waals surface area contributed by atoms with Crippen LogP contribution in [-0.4, -0.2) is 69.0 Å². The maximum atomic E-state index is 12.7. The van der Waals surface area contributed by atoms with E-state index >= 15 is 0 Å². The molecule has 8 nitrogen and oxygen atoms in total. The lowest BCUT2D eigenvalue weighted by Gasteiger charge is -2.36. The van der Waals surface area contributed by atoms with E-state index < -0.39 is 0 Å². The average molecular weight is 576 g/mol. The van der Waals surface area contributed by atoms with Crippen LogP contribution in [0.2, 0.25) is 0 Å². The summed E-state index contributed by atoms with van der Waals surface area (Å²) in [5.41, 5.74) is 3.21. The number of fused-ring (bicyclic) bond motifs is 1. The minimum absolute atomic E-state index is 0. The van der Waals surface area contributed by atoms with Crippen LogP contribution in [0.15, 0.2) is 59.6 Å². The Kier molecular flexibility index (Phi) is 9.55. The molecule has 2 aromatic carbocycles. The summed E-state index contributed by atoms with van der Waals surface area (Å²) < 4.78 is 0. The van der Waals surface area contributed by atoms with Crippen molar-refractivity contribution in [2.45, 2.75) is 18.8 Å². The second kappa shape index (κ2) is 12.6. The number of para-hydroxylation sites is 2. The highest BCUT2D eigenvalue weighted by atomic mass is 127. The van der Waals surface area contributed by atoms with Crippen LogP contribution in [0.3, 0.4) is 0 Å². The van der Waals surface area contributed by atoms with E-state index in [4.69, 9.17) is 0 Å². The molecule has 2 aliphatic heterocycles. The van der Waals surface area contributed by atoms with Crippen molar-refractivity contribution in [2.75, 3.05) is 56.5 Å². The predicted octanol–water partition coefficient (Wildman–Crippen LogP) is 2.63. The van der Waals surface area contributed by atoms with E-state index in [0.717, 1.165) is 37.4 Å². The average Bonchev–Trinajstić information content (AvgIpc) is 2.86. The molecule has 0 aromatic heterocycles. The van der Waals surface area contributed by atoms with Gasteiger partial charge in [0, 0.05) is 76.5 Å². The Hall–Kier alpha value is -2.82. The number of rotatable bonds is 6. The van der Waals surface area contributed by atoms with E-state index in [1.165, 1.54) is 5.69 Å². The van der Waals surface area contributed by atoms with E-state index in [9.17, 15) is 9.59 Å². The number of aliphatic imine (C=N–C) groups is 1. The molecular formula is C25H33IN6O2. The summed E-state index contributed by atoms with van der Waals surface area (Å²) in [6.45, 7) is 4.29. The summed E-state index contributed by atoms with van der Waals surface area (Å²) >= 11 is 0. The van der Waals surface area contributed by atoms with Crippen LogP contribution >= 0.6 is 24.0 Å². The number of anilines is 2. The van der Waals surface area contributed by atoms with Crippen molar-refractivity contribution in [3.8, 4) is 0 Å². The molecule has 1 saturated heterocycles. The number of carbonyl (C=O) groups is 2. The standard InChI is InChI=1S/C25H32N6O2.HI/c1-26-25(28-18-19-17-23(32)29-22-10-6-5-9-21(19)22)27-12-11-24(33)31-15-13-30(14-16-31)20-7-3-2-4-8-20;/h2-10,19H,11-18H2,1H3,(H,29,32)(H2,26,27,28);1H. The van der Waals surface area contributed by atoms with Gasteiger partial charge in [0.2, 0.25) is 11.8 Å². The van der Waals surface area contributed by atoms with Gasteiger partial charge in [-0.05, 0) is 23.8 Å². The summed E-state index contributed by atoms with van der Waals surface area (Å²) in [4.78, 5) is 33.2. The molecule has 1 atom stereocenters. The molecule has 0 saturated carbocycles. The number of carbonyl (C=O) groups excluding carboxylic acids is 2. The third kappa shape index (κ3) is 6.62. The lowest BCUT2D eigenvalue weighted by atomic mass is 9.90. The number of nitrogens with zero attached hydrogens (tertiary/aromatic N) is 3. The zero-order valence-electron chi connectivity index (χ0n) is 19.5. The predicted molar refractivity (Wildman–Crippen MR) is 147 cm³/mol. The molecule has 1 fully saturated rings. The van der Waals surface area contributed by atoms with E-state index in [-0.39, 0.29) is 41.7 Å². The fraction of sp³-hybridized carbons (Fsp3) is 0.400. The summed E-state index contributed by atoms with van der Waals surface area (Å²) in [7, 11) is 1.71. The summed E-state index contributed by atoms with van der Waals surface area (Å²) in [6.07, 6.45) is 0.856. The molecule has 0 spiro atoms. The number of guanidine groups is 1. The van der Waals surface area contributed by atoms with Gasteiger partial charge in [-0.3, -0.25) is 14.6 Å². The smallest absolute Gasteiger partial charge is 0.225 e. The lowest BCUT2D eigenvalue weighted by molar-refractivity contribution is -0.131. The maximum absolute atomic E-state index is 12.7. The van der Waals surface area contributed by atoms with E-state index in [2.05, 4.69) is 38.0 Å². The molecule has 0 radical (unpaired) electrons. The Balaban J connectivity index is 0.00000324. The molecule has 2 heterocycles. The Morgan fingerprint density at radius 2 is 1.74 bits per heavy atom. The fourth-order valence-corrected chi connectivity index (χ4v) is 4.42. The number of amides is 2. The van der Waals surface area contributed by atoms with Gasteiger partial charge in [0.1, 0.15) is 0 Å². The summed E-state index contributed by atoms with van der Waals surface area (Å²) in [5, 5.41) is 9.46. The first kappa shape index (κ1) is 25.8. The molecule has 2 aliphatic rings. The van der Waals surface area contributed by atoms with Crippen LogP contribution in [0.5, 0.6) is 0 Å². The normalized spacial score (nSPS) is 17.9. The van der Waals surface area contributed by atoms with Crippen molar-refractivity contribution in [3.05, 3.63) is 60.2 Å².